The lowest BCUT2D eigenvalue weighted by Gasteiger charge is -2.39. The molecule has 2 amide bonds. The lowest BCUT2D eigenvalue weighted by atomic mass is 10.1. The SMILES string of the molecule is CC(C(=O)NCc1ccccc1F)N1CCN(C(C)C(=O)NC2CC2)CC1. The van der Waals surface area contributed by atoms with Crippen LogP contribution in [0.2, 0.25) is 0 Å². The van der Waals surface area contributed by atoms with Gasteiger partial charge in [0.1, 0.15) is 5.82 Å². The van der Waals surface area contributed by atoms with E-state index in [1.54, 1.807) is 18.2 Å². The molecular formula is C20H29FN4O2. The molecule has 2 atom stereocenters. The molecule has 1 aliphatic carbocycles. The second kappa shape index (κ2) is 8.80. The third-order valence-electron chi connectivity index (χ3n) is 5.54. The second-order valence-electron chi connectivity index (χ2n) is 7.52. The summed E-state index contributed by atoms with van der Waals surface area (Å²) >= 11 is 0. The number of hydrogen-bond donors (Lipinski definition) is 2. The summed E-state index contributed by atoms with van der Waals surface area (Å²) in [6, 6.07) is 6.41. The summed E-state index contributed by atoms with van der Waals surface area (Å²) in [5.41, 5.74) is 0.485. The van der Waals surface area contributed by atoms with Crippen molar-refractivity contribution in [3.05, 3.63) is 35.6 Å². The van der Waals surface area contributed by atoms with E-state index in [1.165, 1.54) is 6.07 Å². The Balaban J connectivity index is 1.43. The smallest absolute Gasteiger partial charge is 0.237 e. The van der Waals surface area contributed by atoms with Gasteiger partial charge in [0.2, 0.25) is 11.8 Å². The van der Waals surface area contributed by atoms with Gasteiger partial charge in [-0.15, -0.1) is 0 Å². The molecule has 2 unspecified atom stereocenters. The third-order valence-corrected chi connectivity index (χ3v) is 5.54. The summed E-state index contributed by atoms with van der Waals surface area (Å²) in [5, 5.41) is 5.87. The van der Waals surface area contributed by atoms with E-state index >= 15 is 0 Å². The molecule has 2 aliphatic rings. The van der Waals surface area contributed by atoms with Gasteiger partial charge in [0.25, 0.3) is 0 Å². The average molecular weight is 376 g/mol. The molecule has 1 heterocycles. The Labute approximate surface area is 160 Å². The van der Waals surface area contributed by atoms with Gasteiger partial charge in [0.05, 0.1) is 12.1 Å². The molecule has 148 valence electrons. The Bertz CT molecular complexity index is 672. The van der Waals surface area contributed by atoms with Crippen LogP contribution in [0.3, 0.4) is 0 Å². The molecule has 1 aromatic rings. The fraction of sp³-hybridized carbons (Fsp3) is 0.600. The second-order valence-corrected chi connectivity index (χ2v) is 7.52. The summed E-state index contributed by atoms with van der Waals surface area (Å²) < 4.78 is 13.7. The van der Waals surface area contributed by atoms with E-state index in [-0.39, 0.29) is 36.3 Å². The van der Waals surface area contributed by atoms with E-state index in [0.717, 1.165) is 39.0 Å². The van der Waals surface area contributed by atoms with E-state index in [0.29, 0.717) is 11.6 Å². The number of benzene rings is 1. The zero-order chi connectivity index (χ0) is 19.4. The van der Waals surface area contributed by atoms with Crippen molar-refractivity contribution in [2.45, 2.75) is 51.4 Å². The van der Waals surface area contributed by atoms with Crippen LogP contribution in [0.1, 0.15) is 32.3 Å². The number of rotatable bonds is 7. The number of carbonyl (C=O) groups excluding carboxylic acids is 2. The zero-order valence-corrected chi connectivity index (χ0v) is 16.1. The summed E-state index contributed by atoms with van der Waals surface area (Å²) in [5.74, 6) is -0.314. The zero-order valence-electron chi connectivity index (χ0n) is 16.1. The maximum atomic E-state index is 13.7. The van der Waals surface area contributed by atoms with Crippen molar-refractivity contribution in [1.29, 1.82) is 0 Å². The van der Waals surface area contributed by atoms with Crippen molar-refractivity contribution in [2.75, 3.05) is 26.2 Å². The standard InChI is InChI=1S/C20H29FN4O2/c1-14(19(26)22-13-16-5-3-4-6-18(16)21)24-9-11-25(12-10-24)15(2)20(27)23-17-7-8-17/h3-6,14-15,17H,7-13H2,1-2H3,(H,22,26)(H,23,27). The van der Waals surface area contributed by atoms with Crippen LogP contribution in [0.5, 0.6) is 0 Å². The van der Waals surface area contributed by atoms with Crippen molar-refractivity contribution in [1.82, 2.24) is 20.4 Å². The molecule has 3 rings (SSSR count). The topological polar surface area (TPSA) is 64.7 Å². The monoisotopic (exact) mass is 376 g/mol. The molecule has 0 aromatic heterocycles. The van der Waals surface area contributed by atoms with Gasteiger partial charge in [0.15, 0.2) is 0 Å². The quantitative estimate of drug-likeness (QED) is 0.749. The first-order chi connectivity index (χ1) is 13.0. The summed E-state index contributed by atoms with van der Waals surface area (Å²) in [7, 11) is 0. The Kier molecular flexibility index (Phi) is 6.44. The van der Waals surface area contributed by atoms with Crippen molar-refractivity contribution < 1.29 is 14.0 Å². The Morgan fingerprint density at radius 1 is 1.04 bits per heavy atom. The Morgan fingerprint density at radius 2 is 1.59 bits per heavy atom. The third kappa shape index (κ3) is 5.26. The number of nitrogens with one attached hydrogen (secondary N) is 2. The van der Waals surface area contributed by atoms with Crippen LogP contribution in [0, 0.1) is 5.82 Å². The fourth-order valence-corrected chi connectivity index (χ4v) is 3.36. The molecule has 6 nitrogen and oxygen atoms in total. The average Bonchev–Trinajstić information content (AvgIpc) is 3.50. The number of hydrogen-bond acceptors (Lipinski definition) is 4. The van der Waals surface area contributed by atoms with Gasteiger partial charge in [-0.25, -0.2) is 4.39 Å². The van der Waals surface area contributed by atoms with Crippen LogP contribution < -0.4 is 10.6 Å². The van der Waals surface area contributed by atoms with Gasteiger partial charge in [0, 0.05) is 44.3 Å². The summed E-state index contributed by atoms with van der Waals surface area (Å²) in [4.78, 5) is 28.9. The first-order valence-corrected chi connectivity index (χ1v) is 9.75. The number of carbonyl (C=O) groups is 2. The maximum Gasteiger partial charge on any atom is 0.237 e. The van der Waals surface area contributed by atoms with E-state index in [1.807, 2.05) is 13.8 Å². The molecule has 1 saturated heterocycles. The van der Waals surface area contributed by atoms with Gasteiger partial charge >= 0.3 is 0 Å². The molecule has 27 heavy (non-hydrogen) atoms. The lowest BCUT2D eigenvalue weighted by molar-refractivity contribution is -0.130. The molecule has 2 N–H and O–H groups in total. The molecule has 0 spiro atoms. The first kappa shape index (κ1) is 19.8. The molecule has 1 saturated carbocycles. The minimum atomic E-state index is -0.308. The van der Waals surface area contributed by atoms with Crippen molar-refractivity contribution in [2.24, 2.45) is 0 Å². The fourth-order valence-electron chi connectivity index (χ4n) is 3.36. The van der Waals surface area contributed by atoms with Crippen molar-refractivity contribution in [3.8, 4) is 0 Å². The highest BCUT2D eigenvalue weighted by molar-refractivity contribution is 5.82. The highest BCUT2D eigenvalue weighted by Crippen LogP contribution is 2.19. The molecule has 0 radical (unpaired) electrons. The van der Waals surface area contributed by atoms with Gasteiger partial charge < -0.3 is 10.6 Å². The van der Waals surface area contributed by atoms with Crippen LogP contribution in [-0.4, -0.2) is 65.9 Å². The Hall–Kier alpha value is -1.99. The normalized spacial score (nSPS) is 20.7. The number of nitrogens with zero attached hydrogens (tertiary/aromatic N) is 2. The van der Waals surface area contributed by atoms with E-state index in [9.17, 15) is 14.0 Å². The van der Waals surface area contributed by atoms with Gasteiger partial charge in [-0.3, -0.25) is 19.4 Å². The van der Waals surface area contributed by atoms with Gasteiger partial charge in [-0.1, -0.05) is 18.2 Å². The number of halogens is 1. The van der Waals surface area contributed by atoms with Gasteiger partial charge in [-0.2, -0.15) is 0 Å². The molecule has 0 bridgehead atoms. The van der Waals surface area contributed by atoms with E-state index in [4.69, 9.17) is 0 Å². The van der Waals surface area contributed by atoms with Crippen LogP contribution in [0.25, 0.3) is 0 Å². The van der Waals surface area contributed by atoms with Crippen molar-refractivity contribution in [3.63, 3.8) is 0 Å². The predicted octanol–water partition coefficient (Wildman–Crippen LogP) is 1.12. The minimum absolute atomic E-state index is 0.0987. The highest BCUT2D eigenvalue weighted by Gasteiger charge is 2.31. The van der Waals surface area contributed by atoms with Crippen LogP contribution in [0.4, 0.5) is 4.39 Å². The van der Waals surface area contributed by atoms with Gasteiger partial charge in [-0.05, 0) is 32.8 Å². The van der Waals surface area contributed by atoms with Crippen molar-refractivity contribution >= 4 is 11.8 Å². The maximum absolute atomic E-state index is 13.7. The van der Waals surface area contributed by atoms with Crippen LogP contribution >= 0.6 is 0 Å². The molecule has 7 heteroatoms. The molecule has 2 fully saturated rings. The van der Waals surface area contributed by atoms with E-state index < -0.39 is 0 Å². The summed E-state index contributed by atoms with van der Waals surface area (Å²) in [6.07, 6.45) is 2.18. The minimum Gasteiger partial charge on any atom is -0.352 e. The molecular weight excluding hydrogens is 347 g/mol. The lowest BCUT2D eigenvalue weighted by Crippen LogP contribution is -2.57. The molecule has 1 aliphatic heterocycles. The largest absolute Gasteiger partial charge is 0.352 e. The first-order valence-electron chi connectivity index (χ1n) is 9.75. The van der Waals surface area contributed by atoms with Crippen LogP contribution in [-0.2, 0) is 16.1 Å². The number of amides is 2. The van der Waals surface area contributed by atoms with Crippen LogP contribution in [0.15, 0.2) is 24.3 Å². The highest BCUT2D eigenvalue weighted by atomic mass is 19.1. The predicted molar refractivity (Wildman–Crippen MR) is 101 cm³/mol. The molecule has 1 aromatic carbocycles. The number of piperazine rings is 1. The summed E-state index contributed by atoms with van der Waals surface area (Å²) in [6.45, 7) is 6.97. The van der Waals surface area contributed by atoms with E-state index in [2.05, 4.69) is 20.4 Å². The Morgan fingerprint density at radius 3 is 2.15 bits per heavy atom.